The van der Waals surface area contributed by atoms with E-state index in [1.165, 1.54) is 6.92 Å². The van der Waals surface area contributed by atoms with Gasteiger partial charge in [0, 0.05) is 5.56 Å². The van der Waals surface area contributed by atoms with Crippen LogP contribution in [0.3, 0.4) is 0 Å². The van der Waals surface area contributed by atoms with Crippen molar-refractivity contribution in [3.05, 3.63) is 34.9 Å². The lowest BCUT2D eigenvalue weighted by atomic mass is 9.91. The molecule has 0 radical (unpaired) electrons. The molecule has 1 aliphatic heterocycles. The molecule has 0 saturated heterocycles. The minimum atomic E-state index is -1.08. The fourth-order valence-corrected chi connectivity index (χ4v) is 2.26. The summed E-state index contributed by atoms with van der Waals surface area (Å²) in [7, 11) is 0. The zero-order valence-electron chi connectivity index (χ0n) is 10.1. The molecule has 0 aliphatic carbocycles. The largest absolute Gasteiger partial charge is 0.465 e. The van der Waals surface area contributed by atoms with Gasteiger partial charge in [0.25, 0.3) is 0 Å². The van der Waals surface area contributed by atoms with Crippen molar-refractivity contribution in [2.24, 2.45) is 0 Å². The second-order valence-corrected chi connectivity index (χ2v) is 4.23. The number of Topliss-reactive ketones (excluding diaryl/α,β-unsaturated/α-hetero) is 1. The average molecular weight is 249 g/mol. The summed E-state index contributed by atoms with van der Waals surface area (Å²) >= 11 is 0. The smallest absolute Gasteiger partial charge is 0.404 e. The molecule has 1 aromatic carbocycles. The highest BCUT2D eigenvalue weighted by Gasteiger charge is 2.24. The van der Waals surface area contributed by atoms with E-state index in [0.717, 1.165) is 11.1 Å². The maximum Gasteiger partial charge on any atom is 0.404 e. The van der Waals surface area contributed by atoms with Crippen LogP contribution in [0.2, 0.25) is 0 Å². The first-order chi connectivity index (χ1) is 8.59. The summed E-state index contributed by atoms with van der Waals surface area (Å²) in [6.45, 7) is 2.24. The zero-order chi connectivity index (χ0) is 13.1. The molecule has 96 valence electrons. The van der Waals surface area contributed by atoms with Gasteiger partial charge in [-0.3, -0.25) is 4.79 Å². The van der Waals surface area contributed by atoms with Crippen LogP contribution in [-0.4, -0.2) is 30.1 Å². The van der Waals surface area contributed by atoms with Gasteiger partial charge >= 0.3 is 6.09 Å². The van der Waals surface area contributed by atoms with E-state index in [1.807, 2.05) is 6.07 Å². The number of hydrogen-bond acceptors (Lipinski definition) is 3. The molecule has 5 heteroatoms. The summed E-state index contributed by atoms with van der Waals surface area (Å²) in [6, 6.07) is 5.49. The number of amides is 1. The molecular weight excluding hydrogens is 234 g/mol. The maximum absolute atomic E-state index is 11.5. The van der Waals surface area contributed by atoms with E-state index in [1.54, 1.807) is 12.1 Å². The van der Waals surface area contributed by atoms with Gasteiger partial charge in [0.2, 0.25) is 0 Å². The molecule has 0 aromatic heterocycles. The van der Waals surface area contributed by atoms with Gasteiger partial charge in [-0.15, -0.1) is 0 Å². The maximum atomic E-state index is 11.5. The molecule has 2 rings (SSSR count). The normalized spacial score (nSPS) is 17.9. The van der Waals surface area contributed by atoms with Crippen molar-refractivity contribution in [3.8, 4) is 0 Å². The van der Waals surface area contributed by atoms with Gasteiger partial charge < -0.3 is 15.2 Å². The standard InChI is InChI=1S/C13H15NO4/c1-8(15)9-3-2-4-11-10(9)5-6-18-12(11)7-14-13(16)17/h2-4,12,14H,5-7H2,1H3,(H,16,17). The molecule has 1 heterocycles. The summed E-state index contributed by atoms with van der Waals surface area (Å²) in [6.07, 6.45) is -0.702. The lowest BCUT2D eigenvalue weighted by Crippen LogP contribution is -2.31. The third-order valence-corrected chi connectivity index (χ3v) is 3.05. The summed E-state index contributed by atoms with van der Waals surface area (Å²) in [4.78, 5) is 22.0. The Hall–Kier alpha value is -1.88. The van der Waals surface area contributed by atoms with Crippen molar-refractivity contribution in [1.29, 1.82) is 0 Å². The van der Waals surface area contributed by atoms with Gasteiger partial charge in [-0.25, -0.2) is 4.79 Å². The van der Waals surface area contributed by atoms with Crippen molar-refractivity contribution in [3.63, 3.8) is 0 Å². The Morgan fingerprint density at radius 1 is 1.50 bits per heavy atom. The van der Waals surface area contributed by atoms with Crippen molar-refractivity contribution in [1.82, 2.24) is 5.32 Å². The average Bonchev–Trinajstić information content (AvgIpc) is 2.35. The van der Waals surface area contributed by atoms with Crippen LogP contribution in [0.15, 0.2) is 18.2 Å². The van der Waals surface area contributed by atoms with Gasteiger partial charge in [0.1, 0.15) is 6.10 Å². The Balaban J connectivity index is 2.29. The molecule has 0 fully saturated rings. The predicted molar refractivity (Wildman–Crippen MR) is 64.9 cm³/mol. The second kappa shape index (κ2) is 5.18. The number of fused-ring (bicyclic) bond motifs is 1. The van der Waals surface area contributed by atoms with E-state index in [2.05, 4.69) is 5.32 Å². The number of carboxylic acid groups (broad SMARTS) is 1. The first-order valence-electron chi connectivity index (χ1n) is 5.80. The lowest BCUT2D eigenvalue weighted by molar-refractivity contribution is 0.0424. The Morgan fingerprint density at radius 2 is 2.28 bits per heavy atom. The van der Waals surface area contributed by atoms with Gasteiger partial charge in [-0.2, -0.15) is 0 Å². The zero-order valence-corrected chi connectivity index (χ0v) is 10.1. The number of rotatable bonds is 3. The third-order valence-electron chi connectivity index (χ3n) is 3.05. The molecule has 5 nitrogen and oxygen atoms in total. The van der Waals surface area contributed by atoms with Crippen LogP contribution >= 0.6 is 0 Å². The van der Waals surface area contributed by atoms with E-state index >= 15 is 0 Å². The van der Waals surface area contributed by atoms with Crippen molar-refractivity contribution < 1.29 is 19.4 Å². The summed E-state index contributed by atoms with van der Waals surface area (Å²) in [5.74, 6) is 0.0266. The Labute approximate surface area is 105 Å². The van der Waals surface area contributed by atoms with E-state index in [0.29, 0.717) is 18.6 Å². The van der Waals surface area contributed by atoms with Crippen LogP contribution < -0.4 is 5.32 Å². The van der Waals surface area contributed by atoms with Crippen LogP contribution in [0.4, 0.5) is 4.79 Å². The highest BCUT2D eigenvalue weighted by atomic mass is 16.5. The molecule has 18 heavy (non-hydrogen) atoms. The minimum Gasteiger partial charge on any atom is -0.465 e. The molecule has 0 spiro atoms. The van der Waals surface area contributed by atoms with Crippen LogP contribution in [0.1, 0.15) is 34.5 Å². The number of benzene rings is 1. The summed E-state index contributed by atoms with van der Waals surface area (Å²) in [5, 5.41) is 10.9. The van der Waals surface area contributed by atoms with Crippen LogP contribution in [-0.2, 0) is 11.2 Å². The van der Waals surface area contributed by atoms with Gasteiger partial charge in [-0.1, -0.05) is 18.2 Å². The number of nitrogens with one attached hydrogen (secondary N) is 1. The van der Waals surface area contributed by atoms with Gasteiger partial charge in [0.15, 0.2) is 5.78 Å². The third kappa shape index (κ3) is 2.51. The Bertz CT molecular complexity index is 484. The first-order valence-corrected chi connectivity index (χ1v) is 5.80. The highest BCUT2D eigenvalue weighted by Crippen LogP contribution is 2.29. The number of ether oxygens (including phenoxy) is 1. The molecule has 1 amide bonds. The SMILES string of the molecule is CC(=O)c1cccc2c1CCOC2CNC(=O)O. The molecular formula is C13H15NO4. The van der Waals surface area contributed by atoms with E-state index in [-0.39, 0.29) is 18.4 Å². The molecule has 1 unspecified atom stereocenters. The molecule has 1 aliphatic rings. The Morgan fingerprint density at radius 3 is 2.94 bits per heavy atom. The highest BCUT2D eigenvalue weighted by molar-refractivity contribution is 5.96. The number of ketones is 1. The second-order valence-electron chi connectivity index (χ2n) is 4.23. The van der Waals surface area contributed by atoms with Crippen molar-refractivity contribution >= 4 is 11.9 Å². The van der Waals surface area contributed by atoms with E-state index < -0.39 is 6.09 Å². The Kier molecular flexibility index (Phi) is 3.62. The minimum absolute atomic E-state index is 0.0266. The lowest BCUT2D eigenvalue weighted by Gasteiger charge is -2.27. The number of carbonyl (C=O) groups excluding carboxylic acids is 1. The van der Waals surface area contributed by atoms with Crippen LogP contribution in [0.25, 0.3) is 0 Å². The topological polar surface area (TPSA) is 75.6 Å². The quantitative estimate of drug-likeness (QED) is 0.800. The number of hydrogen-bond donors (Lipinski definition) is 2. The molecule has 0 bridgehead atoms. The predicted octanol–water partition coefficient (Wildman–Crippen LogP) is 1.77. The van der Waals surface area contributed by atoms with Crippen LogP contribution in [0.5, 0.6) is 0 Å². The molecule has 1 aromatic rings. The summed E-state index contributed by atoms with van der Waals surface area (Å²) in [5.41, 5.74) is 2.59. The molecule has 2 N–H and O–H groups in total. The molecule has 0 saturated carbocycles. The monoisotopic (exact) mass is 249 g/mol. The fraction of sp³-hybridized carbons (Fsp3) is 0.385. The van der Waals surface area contributed by atoms with Gasteiger partial charge in [0.05, 0.1) is 13.2 Å². The fourth-order valence-electron chi connectivity index (χ4n) is 2.26. The molecule has 1 atom stereocenters. The summed E-state index contributed by atoms with van der Waals surface area (Å²) < 4.78 is 5.55. The first kappa shape index (κ1) is 12.6. The number of carbonyl (C=O) groups is 2. The van der Waals surface area contributed by atoms with E-state index in [4.69, 9.17) is 9.84 Å². The van der Waals surface area contributed by atoms with E-state index in [9.17, 15) is 9.59 Å². The van der Waals surface area contributed by atoms with Crippen LogP contribution in [0, 0.1) is 0 Å². The van der Waals surface area contributed by atoms with Gasteiger partial charge in [-0.05, 0) is 24.5 Å². The van der Waals surface area contributed by atoms with Crippen molar-refractivity contribution in [2.75, 3.05) is 13.2 Å². The van der Waals surface area contributed by atoms with Crippen molar-refractivity contribution in [2.45, 2.75) is 19.4 Å².